The van der Waals surface area contributed by atoms with Crippen molar-refractivity contribution < 1.29 is 14.3 Å². The number of amides is 2. The van der Waals surface area contributed by atoms with Crippen molar-refractivity contribution in [2.45, 2.75) is 6.42 Å². The van der Waals surface area contributed by atoms with Gasteiger partial charge in [0.25, 0.3) is 0 Å². The molecule has 1 aromatic carbocycles. The molecule has 2 aliphatic rings. The van der Waals surface area contributed by atoms with E-state index >= 15 is 0 Å². The second-order valence-electron chi connectivity index (χ2n) is 5.94. The number of carbonyl (C=O) groups excluding carboxylic acids is 2. The van der Waals surface area contributed by atoms with Crippen molar-refractivity contribution in [3.05, 3.63) is 24.3 Å². The highest BCUT2D eigenvalue weighted by Crippen LogP contribution is 2.30. The molecule has 2 saturated heterocycles. The van der Waals surface area contributed by atoms with Crippen molar-refractivity contribution in [3.63, 3.8) is 0 Å². The predicted molar refractivity (Wildman–Crippen MR) is 84.0 cm³/mol. The number of aromatic amines is 1. The Morgan fingerprint density at radius 3 is 2.87 bits per heavy atom. The molecule has 0 spiro atoms. The van der Waals surface area contributed by atoms with Gasteiger partial charge in [-0.15, -0.1) is 0 Å². The van der Waals surface area contributed by atoms with E-state index in [0.717, 1.165) is 10.9 Å². The highest BCUT2D eigenvalue weighted by Gasteiger charge is 2.38. The number of benzene rings is 1. The Hall–Kier alpha value is -2.41. The van der Waals surface area contributed by atoms with Crippen LogP contribution < -0.4 is 4.90 Å². The van der Waals surface area contributed by atoms with Gasteiger partial charge in [-0.2, -0.15) is 5.10 Å². The average molecular weight is 314 g/mol. The van der Waals surface area contributed by atoms with Crippen LogP contribution in [0.3, 0.4) is 0 Å². The number of hydrogen-bond donors (Lipinski definition) is 1. The number of ether oxygens (including phenoxy) is 1. The van der Waals surface area contributed by atoms with Gasteiger partial charge in [0.05, 0.1) is 24.6 Å². The molecule has 2 amide bonds. The zero-order valence-corrected chi connectivity index (χ0v) is 12.7. The molecule has 2 fully saturated rings. The summed E-state index contributed by atoms with van der Waals surface area (Å²) in [5.74, 6) is 0.316. The van der Waals surface area contributed by atoms with Crippen molar-refractivity contribution in [1.29, 1.82) is 0 Å². The van der Waals surface area contributed by atoms with Crippen molar-refractivity contribution in [3.8, 4) is 0 Å². The summed E-state index contributed by atoms with van der Waals surface area (Å²) < 4.78 is 5.28. The van der Waals surface area contributed by atoms with Crippen LogP contribution in [0, 0.1) is 5.92 Å². The highest BCUT2D eigenvalue weighted by molar-refractivity contribution is 6.05. The first-order valence-corrected chi connectivity index (χ1v) is 7.84. The zero-order valence-electron chi connectivity index (χ0n) is 12.7. The van der Waals surface area contributed by atoms with Crippen molar-refractivity contribution in [2.24, 2.45) is 5.92 Å². The fourth-order valence-electron chi connectivity index (χ4n) is 3.27. The number of nitrogens with zero attached hydrogens (tertiary/aromatic N) is 3. The summed E-state index contributed by atoms with van der Waals surface area (Å²) in [6, 6.07) is 7.68. The molecule has 120 valence electrons. The van der Waals surface area contributed by atoms with E-state index in [-0.39, 0.29) is 24.2 Å². The Balaban J connectivity index is 1.55. The Kier molecular flexibility index (Phi) is 3.49. The number of anilines is 1. The molecule has 1 aromatic heterocycles. The number of carbonyl (C=O) groups is 2. The van der Waals surface area contributed by atoms with Crippen LogP contribution in [0.5, 0.6) is 0 Å². The minimum Gasteiger partial charge on any atom is -0.378 e. The first-order valence-electron chi connectivity index (χ1n) is 7.84. The third-order valence-corrected chi connectivity index (χ3v) is 4.50. The SMILES string of the molecule is O=C(C1CC(=O)N(c2n[nH]c3ccccc23)C1)N1CCOCC1. The number of nitrogens with one attached hydrogen (secondary N) is 1. The van der Waals surface area contributed by atoms with Gasteiger partial charge in [-0.1, -0.05) is 12.1 Å². The number of rotatable bonds is 2. The molecule has 0 aliphatic carbocycles. The lowest BCUT2D eigenvalue weighted by Crippen LogP contribution is -2.44. The van der Waals surface area contributed by atoms with Crippen molar-refractivity contribution in [1.82, 2.24) is 15.1 Å². The quantitative estimate of drug-likeness (QED) is 0.888. The number of aromatic nitrogens is 2. The van der Waals surface area contributed by atoms with E-state index in [4.69, 9.17) is 4.74 Å². The number of hydrogen-bond acceptors (Lipinski definition) is 4. The lowest BCUT2D eigenvalue weighted by atomic mass is 10.1. The lowest BCUT2D eigenvalue weighted by molar-refractivity contribution is -0.139. The summed E-state index contributed by atoms with van der Waals surface area (Å²) >= 11 is 0. The number of fused-ring (bicyclic) bond motifs is 1. The molecule has 1 atom stereocenters. The van der Waals surface area contributed by atoms with Crippen LogP contribution in [0.2, 0.25) is 0 Å². The molecule has 2 aliphatic heterocycles. The molecule has 0 bridgehead atoms. The first-order chi connectivity index (χ1) is 11.2. The maximum absolute atomic E-state index is 12.6. The molecule has 4 rings (SSSR count). The van der Waals surface area contributed by atoms with Crippen LogP contribution in [0.4, 0.5) is 5.82 Å². The lowest BCUT2D eigenvalue weighted by Gasteiger charge is -2.28. The average Bonchev–Trinajstić information content (AvgIpc) is 3.18. The van der Waals surface area contributed by atoms with Gasteiger partial charge in [0.1, 0.15) is 0 Å². The summed E-state index contributed by atoms with van der Waals surface area (Å²) in [6.07, 6.45) is 0.247. The van der Waals surface area contributed by atoms with Crippen molar-refractivity contribution >= 4 is 28.5 Å². The van der Waals surface area contributed by atoms with E-state index in [0.29, 0.717) is 38.7 Å². The molecular formula is C16H18N4O3. The van der Waals surface area contributed by atoms with Gasteiger partial charge < -0.3 is 9.64 Å². The highest BCUT2D eigenvalue weighted by atomic mass is 16.5. The van der Waals surface area contributed by atoms with Gasteiger partial charge in [0.2, 0.25) is 11.8 Å². The van der Waals surface area contributed by atoms with E-state index in [1.165, 1.54) is 0 Å². The van der Waals surface area contributed by atoms with Crippen molar-refractivity contribution in [2.75, 3.05) is 37.7 Å². The summed E-state index contributed by atoms with van der Waals surface area (Å²) in [6.45, 7) is 2.74. The summed E-state index contributed by atoms with van der Waals surface area (Å²) in [4.78, 5) is 28.4. The topological polar surface area (TPSA) is 78.5 Å². The third-order valence-electron chi connectivity index (χ3n) is 4.50. The van der Waals surface area contributed by atoms with Crippen LogP contribution in [-0.4, -0.2) is 59.8 Å². The van der Waals surface area contributed by atoms with Crippen LogP contribution >= 0.6 is 0 Å². The Morgan fingerprint density at radius 1 is 1.26 bits per heavy atom. The van der Waals surface area contributed by atoms with E-state index in [2.05, 4.69) is 10.2 Å². The molecule has 0 saturated carbocycles. The van der Waals surface area contributed by atoms with Gasteiger partial charge in [0.15, 0.2) is 5.82 Å². The molecule has 2 aromatic rings. The second kappa shape index (κ2) is 5.66. The fraction of sp³-hybridized carbons (Fsp3) is 0.438. The van der Waals surface area contributed by atoms with E-state index in [1.807, 2.05) is 24.3 Å². The maximum atomic E-state index is 12.6. The predicted octanol–water partition coefficient (Wildman–Crippen LogP) is 0.775. The zero-order chi connectivity index (χ0) is 15.8. The van der Waals surface area contributed by atoms with Gasteiger partial charge in [-0.25, -0.2) is 0 Å². The minimum absolute atomic E-state index is 0.0454. The molecule has 3 heterocycles. The number of morpholine rings is 1. The summed E-state index contributed by atoms with van der Waals surface area (Å²) in [5, 5.41) is 8.11. The summed E-state index contributed by atoms with van der Waals surface area (Å²) in [7, 11) is 0. The molecular weight excluding hydrogens is 296 g/mol. The van der Waals surface area contributed by atoms with E-state index < -0.39 is 0 Å². The second-order valence-corrected chi connectivity index (χ2v) is 5.94. The molecule has 7 heteroatoms. The van der Waals surface area contributed by atoms with Gasteiger partial charge in [-0.3, -0.25) is 19.6 Å². The van der Waals surface area contributed by atoms with Crippen LogP contribution in [-0.2, 0) is 14.3 Å². The summed E-state index contributed by atoms with van der Waals surface area (Å²) in [5.41, 5.74) is 0.887. The minimum atomic E-state index is -0.295. The number of H-pyrrole nitrogens is 1. The number of para-hydroxylation sites is 1. The van der Waals surface area contributed by atoms with E-state index in [1.54, 1.807) is 9.80 Å². The van der Waals surface area contributed by atoms with Gasteiger partial charge >= 0.3 is 0 Å². The largest absolute Gasteiger partial charge is 0.378 e. The Morgan fingerprint density at radius 2 is 2.04 bits per heavy atom. The maximum Gasteiger partial charge on any atom is 0.229 e. The molecule has 1 N–H and O–H groups in total. The monoisotopic (exact) mass is 314 g/mol. The fourth-order valence-corrected chi connectivity index (χ4v) is 3.27. The molecule has 7 nitrogen and oxygen atoms in total. The first kappa shape index (κ1) is 14.2. The Labute approximate surface area is 133 Å². The smallest absolute Gasteiger partial charge is 0.229 e. The third kappa shape index (κ3) is 2.46. The standard InChI is InChI=1S/C16H18N4O3/c21-14-9-11(16(22)19-5-7-23-8-6-19)10-20(14)15-12-3-1-2-4-13(12)17-18-15/h1-4,11H,5-10H2,(H,17,18). The molecule has 23 heavy (non-hydrogen) atoms. The molecule has 1 unspecified atom stereocenters. The van der Waals surface area contributed by atoms with Crippen LogP contribution in [0.15, 0.2) is 24.3 Å². The molecule has 0 radical (unpaired) electrons. The Bertz CT molecular complexity index is 751. The van der Waals surface area contributed by atoms with Gasteiger partial charge in [-0.05, 0) is 12.1 Å². The normalized spacial score (nSPS) is 22.1. The van der Waals surface area contributed by atoms with Crippen LogP contribution in [0.1, 0.15) is 6.42 Å². The van der Waals surface area contributed by atoms with Gasteiger partial charge in [0, 0.05) is 31.4 Å². The van der Waals surface area contributed by atoms with Crippen LogP contribution in [0.25, 0.3) is 10.9 Å². The van der Waals surface area contributed by atoms with E-state index in [9.17, 15) is 9.59 Å².